The van der Waals surface area contributed by atoms with Crippen molar-refractivity contribution in [2.75, 3.05) is 26.7 Å². The van der Waals surface area contributed by atoms with Crippen LogP contribution < -0.4 is 10.1 Å². The lowest BCUT2D eigenvalue weighted by Crippen LogP contribution is -2.37. The summed E-state index contributed by atoms with van der Waals surface area (Å²) in [5.41, 5.74) is 1.49. The number of amides is 1. The second-order valence-electron chi connectivity index (χ2n) is 6.34. The van der Waals surface area contributed by atoms with Crippen LogP contribution in [0.4, 0.5) is 4.39 Å². The van der Waals surface area contributed by atoms with E-state index in [-0.39, 0.29) is 17.8 Å². The molecule has 0 bridgehead atoms. The first-order chi connectivity index (χ1) is 12.6. The minimum atomic E-state index is -0.377. The molecular weight excluding hydrogens is 399 g/mol. The van der Waals surface area contributed by atoms with Gasteiger partial charge >= 0.3 is 0 Å². The molecule has 0 radical (unpaired) electrons. The summed E-state index contributed by atoms with van der Waals surface area (Å²) < 4.78 is 19.2. The van der Waals surface area contributed by atoms with E-state index < -0.39 is 0 Å². The van der Waals surface area contributed by atoms with Gasteiger partial charge in [0.15, 0.2) is 0 Å². The molecule has 6 heteroatoms. The molecule has 4 nitrogen and oxygen atoms in total. The second-order valence-corrected chi connectivity index (χ2v) is 7.19. The summed E-state index contributed by atoms with van der Waals surface area (Å²) in [7, 11) is 1.66. The topological polar surface area (TPSA) is 41.6 Å². The number of halogens is 2. The van der Waals surface area contributed by atoms with E-state index in [0.717, 1.165) is 37.2 Å². The molecule has 3 rings (SSSR count). The van der Waals surface area contributed by atoms with Crippen LogP contribution in [0.5, 0.6) is 5.75 Å². The van der Waals surface area contributed by atoms with Gasteiger partial charge in [0.1, 0.15) is 11.6 Å². The quantitative estimate of drug-likeness (QED) is 0.762. The SMILES string of the molecule is COc1ccccc1C(CNC(=O)c1ccc(F)cc1Br)N1CCCC1. The lowest BCUT2D eigenvalue weighted by Gasteiger charge is -2.29. The van der Waals surface area contributed by atoms with Crippen molar-refractivity contribution in [2.45, 2.75) is 18.9 Å². The van der Waals surface area contributed by atoms with Gasteiger partial charge in [0.2, 0.25) is 0 Å². The van der Waals surface area contributed by atoms with E-state index in [1.165, 1.54) is 18.2 Å². The smallest absolute Gasteiger partial charge is 0.252 e. The number of benzene rings is 2. The fourth-order valence-electron chi connectivity index (χ4n) is 3.39. The van der Waals surface area contributed by atoms with E-state index in [1.54, 1.807) is 7.11 Å². The molecule has 1 N–H and O–H groups in total. The molecule has 0 aromatic heterocycles. The van der Waals surface area contributed by atoms with Gasteiger partial charge in [-0.3, -0.25) is 9.69 Å². The number of para-hydroxylation sites is 1. The van der Waals surface area contributed by atoms with Crippen LogP contribution in [0.1, 0.15) is 34.8 Å². The van der Waals surface area contributed by atoms with Crippen LogP contribution in [-0.4, -0.2) is 37.6 Å². The average molecular weight is 421 g/mol. The Morgan fingerprint density at radius 3 is 2.69 bits per heavy atom. The highest BCUT2D eigenvalue weighted by atomic mass is 79.9. The molecular formula is C20H22BrFN2O2. The third-order valence-electron chi connectivity index (χ3n) is 4.71. The molecule has 1 atom stereocenters. The number of methoxy groups -OCH3 is 1. The third-order valence-corrected chi connectivity index (χ3v) is 5.37. The molecule has 0 saturated carbocycles. The molecule has 26 heavy (non-hydrogen) atoms. The molecule has 1 amide bonds. The van der Waals surface area contributed by atoms with E-state index in [2.05, 4.69) is 26.1 Å². The highest BCUT2D eigenvalue weighted by Crippen LogP contribution is 2.31. The molecule has 138 valence electrons. The van der Waals surface area contributed by atoms with E-state index in [9.17, 15) is 9.18 Å². The van der Waals surface area contributed by atoms with Crippen molar-refractivity contribution >= 4 is 21.8 Å². The number of hydrogen-bond acceptors (Lipinski definition) is 3. The van der Waals surface area contributed by atoms with Crippen molar-refractivity contribution in [2.24, 2.45) is 0 Å². The Kier molecular flexibility index (Phi) is 6.27. The zero-order chi connectivity index (χ0) is 18.5. The number of hydrogen-bond donors (Lipinski definition) is 1. The first-order valence-electron chi connectivity index (χ1n) is 8.70. The summed E-state index contributed by atoms with van der Waals surface area (Å²) in [6, 6.07) is 12.0. The predicted octanol–water partition coefficient (Wildman–Crippen LogP) is 4.16. The fraction of sp³-hybridized carbons (Fsp3) is 0.350. The van der Waals surface area contributed by atoms with Gasteiger partial charge in [0.05, 0.1) is 18.7 Å². The van der Waals surface area contributed by atoms with Crippen LogP contribution in [0, 0.1) is 5.82 Å². The van der Waals surface area contributed by atoms with Crippen molar-refractivity contribution in [1.29, 1.82) is 0 Å². The molecule has 1 unspecified atom stereocenters. The Morgan fingerprint density at radius 1 is 1.27 bits per heavy atom. The van der Waals surface area contributed by atoms with Crippen molar-refractivity contribution in [3.8, 4) is 5.75 Å². The summed E-state index contributed by atoms with van der Waals surface area (Å²) in [5, 5.41) is 3.00. The molecule has 2 aromatic rings. The zero-order valence-corrected chi connectivity index (χ0v) is 16.3. The Morgan fingerprint density at radius 2 is 2.00 bits per heavy atom. The van der Waals surface area contributed by atoms with Crippen molar-refractivity contribution in [3.05, 3.63) is 63.9 Å². The van der Waals surface area contributed by atoms with Gasteiger partial charge in [-0.25, -0.2) is 4.39 Å². The average Bonchev–Trinajstić information content (AvgIpc) is 3.16. The molecule has 2 aromatic carbocycles. The van der Waals surface area contributed by atoms with Gasteiger partial charge in [0, 0.05) is 16.6 Å². The van der Waals surface area contributed by atoms with Gasteiger partial charge in [-0.1, -0.05) is 18.2 Å². The number of ether oxygens (including phenoxy) is 1. The summed E-state index contributed by atoms with van der Waals surface area (Å²) in [6.45, 7) is 2.46. The summed E-state index contributed by atoms with van der Waals surface area (Å²) in [5.74, 6) is 0.218. The summed E-state index contributed by atoms with van der Waals surface area (Å²) in [6.07, 6.45) is 2.31. The standard InChI is InChI=1S/C20H22BrFN2O2/c1-26-19-7-3-2-6-16(19)18(24-10-4-5-11-24)13-23-20(25)15-9-8-14(22)12-17(15)21/h2-3,6-9,12,18H,4-5,10-11,13H2,1H3,(H,23,25). The van der Waals surface area contributed by atoms with Crippen molar-refractivity contribution < 1.29 is 13.9 Å². The van der Waals surface area contributed by atoms with Crippen LogP contribution in [0.15, 0.2) is 46.9 Å². The van der Waals surface area contributed by atoms with Gasteiger partial charge < -0.3 is 10.1 Å². The van der Waals surface area contributed by atoms with E-state index in [4.69, 9.17) is 4.74 Å². The molecule has 1 aliphatic heterocycles. The zero-order valence-electron chi connectivity index (χ0n) is 14.7. The van der Waals surface area contributed by atoms with Gasteiger partial charge in [0.25, 0.3) is 5.91 Å². The second kappa shape index (κ2) is 8.64. The summed E-state index contributed by atoms with van der Waals surface area (Å²) >= 11 is 3.26. The fourth-order valence-corrected chi connectivity index (χ4v) is 3.92. The van der Waals surface area contributed by atoms with Crippen molar-refractivity contribution in [1.82, 2.24) is 10.2 Å². The van der Waals surface area contributed by atoms with Gasteiger partial charge in [-0.05, 0) is 66.1 Å². The van der Waals surface area contributed by atoms with E-state index >= 15 is 0 Å². The Balaban J connectivity index is 1.79. The third kappa shape index (κ3) is 4.24. The number of carbonyl (C=O) groups excluding carboxylic acids is 1. The Hall–Kier alpha value is -1.92. The lowest BCUT2D eigenvalue weighted by atomic mass is 10.0. The minimum Gasteiger partial charge on any atom is -0.496 e. The van der Waals surface area contributed by atoms with Crippen molar-refractivity contribution in [3.63, 3.8) is 0 Å². The monoisotopic (exact) mass is 420 g/mol. The predicted molar refractivity (Wildman–Crippen MR) is 103 cm³/mol. The Bertz CT molecular complexity index is 778. The molecule has 1 saturated heterocycles. The van der Waals surface area contributed by atoms with E-state index in [0.29, 0.717) is 16.6 Å². The number of rotatable bonds is 6. The number of nitrogens with one attached hydrogen (secondary N) is 1. The highest BCUT2D eigenvalue weighted by Gasteiger charge is 2.26. The molecule has 0 aliphatic carbocycles. The molecule has 1 aliphatic rings. The maximum Gasteiger partial charge on any atom is 0.252 e. The number of carbonyl (C=O) groups is 1. The first-order valence-corrected chi connectivity index (χ1v) is 9.49. The first kappa shape index (κ1) is 18.9. The van der Waals surface area contributed by atoms with Crippen LogP contribution in [0.3, 0.4) is 0 Å². The maximum atomic E-state index is 13.3. The largest absolute Gasteiger partial charge is 0.496 e. The van der Waals surface area contributed by atoms with Gasteiger partial charge in [-0.2, -0.15) is 0 Å². The molecule has 0 spiro atoms. The lowest BCUT2D eigenvalue weighted by molar-refractivity contribution is 0.0936. The van der Waals surface area contributed by atoms with Crippen LogP contribution >= 0.6 is 15.9 Å². The normalized spacial score (nSPS) is 15.7. The van der Waals surface area contributed by atoms with Crippen LogP contribution in [0.2, 0.25) is 0 Å². The number of nitrogens with zero attached hydrogens (tertiary/aromatic N) is 1. The van der Waals surface area contributed by atoms with E-state index in [1.807, 2.05) is 24.3 Å². The molecule has 1 fully saturated rings. The summed E-state index contributed by atoms with van der Waals surface area (Å²) in [4.78, 5) is 14.9. The maximum absolute atomic E-state index is 13.3. The number of likely N-dealkylation sites (tertiary alicyclic amines) is 1. The molecule has 1 heterocycles. The van der Waals surface area contributed by atoms with Gasteiger partial charge in [-0.15, -0.1) is 0 Å². The van der Waals surface area contributed by atoms with Crippen LogP contribution in [0.25, 0.3) is 0 Å². The highest BCUT2D eigenvalue weighted by molar-refractivity contribution is 9.10. The Labute approximate surface area is 161 Å². The minimum absolute atomic E-state index is 0.0387. The van der Waals surface area contributed by atoms with Crippen LogP contribution in [-0.2, 0) is 0 Å².